The number of carboxylic acids is 1. The number of carboxylic acid groups (broad SMARTS) is 1. The number of carbonyl (C=O) groups excluding carboxylic acids is 1. The second-order valence-electron chi connectivity index (χ2n) is 5.69. The Balaban J connectivity index is 2.00. The maximum atomic E-state index is 12.5. The fraction of sp³-hybridized carbons (Fsp3) is 0.600. The van der Waals surface area contributed by atoms with Crippen LogP contribution in [0.5, 0.6) is 0 Å². The van der Waals surface area contributed by atoms with Gasteiger partial charge in [-0.25, -0.2) is 0 Å². The number of aliphatic carboxylic acids is 1. The van der Waals surface area contributed by atoms with Crippen LogP contribution in [0.2, 0.25) is 0 Å². The van der Waals surface area contributed by atoms with Crippen molar-refractivity contribution in [3.8, 4) is 0 Å². The van der Waals surface area contributed by atoms with E-state index >= 15 is 0 Å². The van der Waals surface area contributed by atoms with E-state index in [2.05, 4.69) is 18.4 Å². The summed E-state index contributed by atoms with van der Waals surface area (Å²) in [5.74, 6) is -0.360. The van der Waals surface area contributed by atoms with Gasteiger partial charge in [-0.15, -0.1) is 11.3 Å². The van der Waals surface area contributed by atoms with E-state index in [9.17, 15) is 9.59 Å². The Morgan fingerprint density at radius 1 is 1.50 bits per heavy atom. The second kappa shape index (κ2) is 5.95. The Bertz CT molecular complexity index is 509. The van der Waals surface area contributed by atoms with Crippen LogP contribution in [0.15, 0.2) is 11.4 Å². The molecule has 20 heavy (non-hydrogen) atoms. The smallest absolute Gasteiger partial charge is 0.305 e. The number of aryl methyl sites for hydroxylation is 1. The molecule has 0 aromatic carbocycles. The largest absolute Gasteiger partial charge is 0.481 e. The van der Waals surface area contributed by atoms with Crippen LogP contribution in [0.1, 0.15) is 43.0 Å². The first-order valence-corrected chi connectivity index (χ1v) is 7.86. The van der Waals surface area contributed by atoms with Crippen molar-refractivity contribution < 1.29 is 14.7 Å². The summed E-state index contributed by atoms with van der Waals surface area (Å²) in [5, 5.41) is 10.8. The minimum Gasteiger partial charge on any atom is -0.481 e. The zero-order chi connectivity index (χ0) is 14.9. The number of rotatable bonds is 6. The molecule has 1 fully saturated rings. The van der Waals surface area contributed by atoms with Gasteiger partial charge in [-0.2, -0.15) is 0 Å². The van der Waals surface area contributed by atoms with E-state index in [-0.39, 0.29) is 24.3 Å². The van der Waals surface area contributed by atoms with Crippen LogP contribution < -0.4 is 0 Å². The fourth-order valence-electron chi connectivity index (χ4n) is 2.57. The summed E-state index contributed by atoms with van der Waals surface area (Å²) in [6.07, 6.45) is 0.913. The average molecular weight is 295 g/mol. The number of carbonyl (C=O) groups is 2. The van der Waals surface area contributed by atoms with Crippen molar-refractivity contribution >= 4 is 23.2 Å². The number of hydrogen-bond donors (Lipinski definition) is 1. The van der Waals surface area contributed by atoms with Crippen molar-refractivity contribution in [2.24, 2.45) is 5.92 Å². The molecule has 5 heteroatoms. The van der Waals surface area contributed by atoms with Gasteiger partial charge in [-0.3, -0.25) is 9.59 Å². The fourth-order valence-corrected chi connectivity index (χ4v) is 3.68. The first-order chi connectivity index (χ1) is 9.41. The van der Waals surface area contributed by atoms with Crippen LogP contribution in [0.3, 0.4) is 0 Å². The summed E-state index contributed by atoms with van der Waals surface area (Å²) in [5.41, 5.74) is 1.26. The van der Waals surface area contributed by atoms with Gasteiger partial charge < -0.3 is 10.0 Å². The molecule has 1 aliphatic rings. The lowest BCUT2D eigenvalue weighted by atomic mass is 10.1. The third-order valence-corrected chi connectivity index (χ3v) is 4.97. The molecule has 0 spiro atoms. The molecule has 1 N–H and O–H groups in total. The third-order valence-electron chi connectivity index (χ3n) is 3.82. The monoisotopic (exact) mass is 295 g/mol. The molecular weight excluding hydrogens is 274 g/mol. The van der Waals surface area contributed by atoms with Gasteiger partial charge in [0.1, 0.15) is 0 Å². The van der Waals surface area contributed by atoms with Crippen molar-refractivity contribution in [3.05, 3.63) is 21.9 Å². The minimum absolute atomic E-state index is 0.0132. The lowest BCUT2D eigenvalue weighted by Crippen LogP contribution is -2.39. The van der Waals surface area contributed by atoms with E-state index in [4.69, 9.17) is 5.11 Å². The van der Waals surface area contributed by atoms with Gasteiger partial charge in [0.25, 0.3) is 0 Å². The number of thiophene rings is 1. The standard InChI is InChI=1S/C15H21NO3S/c1-9(2)16(6-4-13(17)18)15(19)12-8-11(12)14-10(3)5-7-20-14/h5,7,9,11-12H,4,6,8H2,1-3H3,(H,17,18)/t11-,12+/m1/s1. The highest BCUT2D eigenvalue weighted by Crippen LogP contribution is 2.51. The molecular formula is C15H21NO3S. The normalized spacial score (nSPS) is 21.0. The van der Waals surface area contributed by atoms with E-state index in [1.165, 1.54) is 10.4 Å². The molecule has 2 rings (SSSR count). The van der Waals surface area contributed by atoms with E-state index in [1.54, 1.807) is 16.2 Å². The van der Waals surface area contributed by atoms with Crippen molar-refractivity contribution in [2.75, 3.05) is 6.54 Å². The first-order valence-electron chi connectivity index (χ1n) is 6.98. The van der Waals surface area contributed by atoms with Gasteiger partial charge in [0.05, 0.1) is 6.42 Å². The lowest BCUT2D eigenvalue weighted by molar-refractivity contribution is -0.139. The Kier molecular flexibility index (Phi) is 4.48. The molecule has 110 valence electrons. The SMILES string of the molecule is Cc1ccsc1[C@@H]1C[C@@H]1C(=O)N(CCC(=O)O)C(C)C. The molecule has 0 radical (unpaired) electrons. The quantitative estimate of drug-likeness (QED) is 0.878. The Morgan fingerprint density at radius 2 is 2.20 bits per heavy atom. The van der Waals surface area contributed by atoms with Crippen LogP contribution >= 0.6 is 11.3 Å². The number of amides is 1. The molecule has 1 aromatic heterocycles. The van der Waals surface area contributed by atoms with Gasteiger partial charge in [-0.05, 0) is 44.2 Å². The molecule has 0 aliphatic heterocycles. The molecule has 1 saturated carbocycles. The zero-order valence-electron chi connectivity index (χ0n) is 12.1. The molecule has 1 heterocycles. The molecule has 4 nitrogen and oxygen atoms in total. The summed E-state index contributed by atoms with van der Waals surface area (Å²) in [7, 11) is 0. The van der Waals surface area contributed by atoms with Gasteiger partial charge in [-0.1, -0.05) is 0 Å². The topological polar surface area (TPSA) is 57.6 Å². The third kappa shape index (κ3) is 3.20. The molecule has 0 bridgehead atoms. The minimum atomic E-state index is -0.857. The zero-order valence-corrected chi connectivity index (χ0v) is 12.9. The molecule has 0 unspecified atom stereocenters. The highest BCUT2D eigenvalue weighted by atomic mass is 32.1. The van der Waals surface area contributed by atoms with Crippen molar-refractivity contribution in [2.45, 2.75) is 45.6 Å². The van der Waals surface area contributed by atoms with Crippen molar-refractivity contribution in [1.82, 2.24) is 4.90 Å². The number of hydrogen-bond acceptors (Lipinski definition) is 3. The maximum absolute atomic E-state index is 12.5. The molecule has 1 aromatic rings. The predicted molar refractivity (Wildman–Crippen MR) is 79.0 cm³/mol. The second-order valence-corrected chi connectivity index (χ2v) is 6.63. The summed E-state index contributed by atoms with van der Waals surface area (Å²) in [6, 6.07) is 2.14. The van der Waals surface area contributed by atoms with Crippen molar-refractivity contribution in [1.29, 1.82) is 0 Å². The average Bonchev–Trinajstić information content (AvgIpc) is 3.04. The lowest BCUT2D eigenvalue weighted by Gasteiger charge is -2.26. The van der Waals surface area contributed by atoms with Gasteiger partial charge in [0, 0.05) is 29.3 Å². The first kappa shape index (κ1) is 15.0. The van der Waals surface area contributed by atoms with Crippen LogP contribution in [-0.4, -0.2) is 34.5 Å². The van der Waals surface area contributed by atoms with E-state index < -0.39 is 5.97 Å². The number of nitrogens with zero attached hydrogens (tertiary/aromatic N) is 1. The summed E-state index contributed by atoms with van der Waals surface area (Å²) >= 11 is 1.71. The predicted octanol–water partition coefficient (Wildman–Crippen LogP) is 2.87. The summed E-state index contributed by atoms with van der Waals surface area (Å²) in [6.45, 7) is 6.26. The summed E-state index contributed by atoms with van der Waals surface area (Å²) in [4.78, 5) is 26.2. The Hall–Kier alpha value is -1.36. The molecule has 1 aliphatic carbocycles. The van der Waals surface area contributed by atoms with Crippen LogP contribution in [0, 0.1) is 12.8 Å². The maximum Gasteiger partial charge on any atom is 0.305 e. The highest BCUT2D eigenvalue weighted by Gasteiger charge is 2.47. The van der Waals surface area contributed by atoms with Gasteiger partial charge >= 0.3 is 5.97 Å². The van der Waals surface area contributed by atoms with Crippen LogP contribution in [0.25, 0.3) is 0 Å². The van der Waals surface area contributed by atoms with Crippen LogP contribution in [0.4, 0.5) is 0 Å². The Labute approximate surface area is 123 Å². The summed E-state index contributed by atoms with van der Waals surface area (Å²) < 4.78 is 0. The van der Waals surface area contributed by atoms with E-state index in [1.807, 2.05) is 13.8 Å². The highest BCUT2D eigenvalue weighted by molar-refractivity contribution is 7.10. The Morgan fingerprint density at radius 3 is 2.70 bits per heavy atom. The molecule has 2 atom stereocenters. The van der Waals surface area contributed by atoms with E-state index in [0.717, 1.165) is 6.42 Å². The molecule has 1 amide bonds. The van der Waals surface area contributed by atoms with Gasteiger partial charge in [0.15, 0.2) is 0 Å². The van der Waals surface area contributed by atoms with Crippen LogP contribution in [-0.2, 0) is 9.59 Å². The van der Waals surface area contributed by atoms with Crippen molar-refractivity contribution in [3.63, 3.8) is 0 Å². The van der Waals surface area contributed by atoms with Gasteiger partial charge in [0.2, 0.25) is 5.91 Å². The molecule has 0 saturated heterocycles. The van der Waals surface area contributed by atoms with E-state index in [0.29, 0.717) is 12.5 Å².